The number of hydrazone groups is 1. The smallest absolute Gasteiger partial charge is 0.277 e. The van der Waals surface area contributed by atoms with Crippen LogP contribution in [0.1, 0.15) is 5.76 Å². The van der Waals surface area contributed by atoms with Gasteiger partial charge in [0.2, 0.25) is 0 Å². The van der Waals surface area contributed by atoms with E-state index >= 15 is 0 Å². The Kier molecular flexibility index (Phi) is 4.77. The van der Waals surface area contributed by atoms with Crippen LogP contribution in [-0.2, 0) is 4.79 Å². The average molecular weight is 274 g/mol. The summed E-state index contributed by atoms with van der Waals surface area (Å²) in [5.74, 6) is 1.24. The molecule has 0 spiro atoms. The third-order valence-corrected chi connectivity index (χ3v) is 2.35. The molecule has 0 aliphatic rings. The van der Waals surface area contributed by atoms with Gasteiger partial charge in [0.15, 0.2) is 18.1 Å². The van der Waals surface area contributed by atoms with Gasteiger partial charge in [-0.05, 0) is 24.3 Å². The van der Waals surface area contributed by atoms with Gasteiger partial charge >= 0.3 is 0 Å². The van der Waals surface area contributed by atoms with Crippen molar-refractivity contribution in [2.45, 2.75) is 0 Å². The first-order valence-electron chi connectivity index (χ1n) is 5.91. The van der Waals surface area contributed by atoms with Crippen molar-refractivity contribution in [1.29, 1.82) is 0 Å². The fourth-order valence-corrected chi connectivity index (χ4v) is 1.45. The zero-order valence-electron chi connectivity index (χ0n) is 10.9. The molecule has 0 bridgehead atoms. The van der Waals surface area contributed by atoms with Gasteiger partial charge in [0.1, 0.15) is 5.76 Å². The number of benzene rings is 1. The number of nitrogens with one attached hydrogen (secondary N) is 1. The summed E-state index contributed by atoms with van der Waals surface area (Å²) >= 11 is 0. The van der Waals surface area contributed by atoms with E-state index in [0.29, 0.717) is 17.3 Å². The van der Waals surface area contributed by atoms with Crippen LogP contribution in [0.3, 0.4) is 0 Å². The van der Waals surface area contributed by atoms with Crippen molar-refractivity contribution in [3.8, 4) is 11.5 Å². The minimum Gasteiger partial charge on any atom is -0.493 e. The van der Waals surface area contributed by atoms with E-state index in [1.54, 1.807) is 30.3 Å². The second-order valence-electron chi connectivity index (χ2n) is 3.75. The monoisotopic (exact) mass is 274 g/mol. The Morgan fingerprint density at radius 1 is 1.30 bits per heavy atom. The topological polar surface area (TPSA) is 73.1 Å². The molecule has 6 nitrogen and oxygen atoms in total. The molecule has 6 heteroatoms. The van der Waals surface area contributed by atoms with Crippen molar-refractivity contribution in [3.63, 3.8) is 0 Å². The number of carbonyl (C=O) groups is 1. The van der Waals surface area contributed by atoms with E-state index in [9.17, 15) is 4.79 Å². The lowest BCUT2D eigenvalue weighted by Crippen LogP contribution is -2.24. The lowest BCUT2D eigenvalue weighted by molar-refractivity contribution is -0.123. The summed E-state index contributed by atoms with van der Waals surface area (Å²) in [7, 11) is 1.54. The molecule has 1 heterocycles. The molecular formula is C14H14N2O4. The number of hydrogen-bond donors (Lipinski definition) is 1. The molecule has 1 aromatic heterocycles. The molecule has 2 rings (SSSR count). The molecule has 0 radical (unpaired) electrons. The van der Waals surface area contributed by atoms with Crippen LogP contribution < -0.4 is 14.9 Å². The van der Waals surface area contributed by atoms with E-state index in [4.69, 9.17) is 13.9 Å². The standard InChI is InChI=1S/C14H14N2O4/c1-18-12-6-2-3-7-13(12)20-10-14(17)16-15-9-11-5-4-8-19-11/h2-9H,10H2,1H3,(H,16,17)/b15-9-. The zero-order valence-corrected chi connectivity index (χ0v) is 10.9. The van der Waals surface area contributed by atoms with Gasteiger partial charge in [-0.2, -0.15) is 5.10 Å². The SMILES string of the molecule is COc1ccccc1OCC(=O)N/N=C\c1ccco1. The number of hydrogen-bond acceptors (Lipinski definition) is 5. The minimum atomic E-state index is -0.376. The summed E-state index contributed by atoms with van der Waals surface area (Å²) < 4.78 is 15.5. The van der Waals surface area contributed by atoms with Crippen LogP contribution in [0.15, 0.2) is 52.2 Å². The van der Waals surface area contributed by atoms with E-state index in [1.165, 1.54) is 19.6 Å². The third kappa shape index (κ3) is 3.88. The molecule has 0 unspecified atom stereocenters. The van der Waals surface area contributed by atoms with Gasteiger partial charge in [-0.3, -0.25) is 4.79 Å². The van der Waals surface area contributed by atoms with E-state index < -0.39 is 0 Å². The first-order valence-corrected chi connectivity index (χ1v) is 5.91. The highest BCUT2D eigenvalue weighted by Gasteiger charge is 2.05. The van der Waals surface area contributed by atoms with Crippen molar-refractivity contribution in [3.05, 3.63) is 48.4 Å². The first-order chi connectivity index (χ1) is 9.79. The van der Waals surface area contributed by atoms with Crippen molar-refractivity contribution in [2.75, 3.05) is 13.7 Å². The van der Waals surface area contributed by atoms with E-state index in [1.807, 2.05) is 6.07 Å². The quantitative estimate of drug-likeness (QED) is 0.644. The van der Waals surface area contributed by atoms with Crippen molar-refractivity contribution in [2.24, 2.45) is 5.10 Å². The molecule has 1 amide bonds. The maximum atomic E-state index is 11.5. The fraction of sp³-hybridized carbons (Fsp3) is 0.143. The fourth-order valence-electron chi connectivity index (χ4n) is 1.45. The molecule has 0 fully saturated rings. The lowest BCUT2D eigenvalue weighted by atomic mass is 10.3. The molecular weight excluding hydrogens is 260 g/mol. The molecule has 0 atom stereocenters. The summed E-state index contributed by atoms with van der Waals surface area (Å²) in [6.45, 7) is -0.157. The van der Waals surface area contributed by atoms with Gasteiger partial charge in [0.25, 0.3) is 5.91 Å². The number of rotatable bonds is 6. The Balaban J connectivity index is 1.80. The molecule has 104 valence electrons. The van der Waals surface area contributed by atoms with Crippen LogP contribution in [0, 0.1) is 0 Å². The lowest BCUT2D eigenvalue weighted by Gasteiger charge is -2.08. The Morgan fingerprint density at radius 3 is 2.80 bits per heavy atom. The number of para-hydroxylation sites is 2. The van der Waals surface area contributed by atoms with Crippen LogP contribution in [-0.4, -0.2) is 25.8 Å². The van der Waals surface area contributed by atoms with Crippen LogP contribution in [0.4, 0.5) is 0 Å². The van der Waals surface area contributed by atoms with Gasteiger partial charge in [0.05, 0.1) is 19.6 Å². The Labute approximate surface area is 116 Å². The number of ether oxygens (including phenoxy) is 2. The normalized spacial score (nSPS) is 10.4. The molecule has 20 heavy (non-hydrogen) atoms. The van der Waals surface area contributed by atoms with Crippen molar-refractivity contribution in [1.82, 2.24) is 5.43 Å². The molecule has 0 aliphatic carbocycles. The molecule has 0 saturated heterocycles. The molecule has 1 N–H and O–H groups in total. The number of amides is 1. The highest BCUT2D eigenvalue weighted by Crippen LogP contribution is 2.25. The minimum absolute atomic E-state index is 0.157. The molecule has 1 aromatic carbocycles. The highest BCUT2D eigenvalue weighted by molar-refractivity contribution is 5.81. The summed E-state index contributed by atoms with van der Waals surface area (Å²) in [6.07, 6.45) is 2.93. The Hall–Kier alpha value is -2.76. The third-order valence-electron chi connectivity index (χ3n) is 2.35. The van der Waals surface area contributed by atoms with Crippen LogP contribution in [0.25, 0.3) is 0 Å². The second kappa shape index (κ2) is 6.98. The molecule has 0 saturated carbocycles. The zero-order chi connectivity index (χ0) is 14.2. The van der Waals surface area contributed by atoms with Crippen LogP contribution in [0.2, 0.25) is 0 Å². The van der Waals surface area contributed by atoms with Crippen molar-refractivity contribution < 1.29 is 18.7 Å². The van der Waals surface area contributed by atoms with Gasteiger partial charge < -0.3 is 13.9 Å². The highest BCUT2D eigenvalue weighted by atomic mass is 16.5. The van der Waals surface area contributed by atoms with Gasteiger partial charge in [0, 0.05) is 0 Å². The Morgan fingerprint density at radius 2 is 2.10 bits per heavy atom. The number of methoxy groups -OCH3 is 1. The second-order valence-corrected chi connectivity index (χ2v) is 3.75. The van der Waals surface area contributed by atoms with Crippen LogP contribution >= 0.6 is 0 Å². The summed E-state index contributed by atoms with van der Waals surface area (Å²) in [6, 6.07) is 10.5. The average Bonchev–Trinajstić information content (AvgIpc) is 2.98. The van der Waals surface area contributed by atoms with Gasteiger partial charge in [-0.25, -0.2) is 5.43 Å². The van der Waals surface area contributed by atoms with E-state index in [-0.39, 0.29) is 12.5 Å². The van der Waals surface area contributed by atoms with E-state index in [0.717, 1.165) is 0 Å². The number of nitrogens with zero attached hydrogens (tertiary/aromatic N) is 1. The van der Waals surface area contributed by atoms with E-state index in [2.05, 4.69) is 10.5 Å². The summed E-state index contributed by atoms with van der Waals surface area (Å²) in [5.41, 5.74) is 2.33. The Bertz CT molecular complexity index is 579. The maximum absolute atomic E-state index is 11.5. The molecule has 2 aromatic rings. The summed E-state index contributed by atoms with van der Waals surface area (Å²) in [5, 5.41) is 3.74. The largest absolute Gasteiger partial charge is 0.493 e. The first kappa shape index (κ1) is 13.7. The van der Waals surface area contributed by atoms with Crippen LogP contribution in [0.5, 0.6) is 11.5 Å². The predicted octanol–water partition coefficient (Wildman–Crippen LogP) is 1.82. The van der Waals surface area contributed by atoms with Crippen molar-refractivity contribution >= 4 is 12.1 Å². The maximum Gasteiger partial charge on any atom is 0.277 e. The predicted molar refractivity (Wildman–Crippen MR) is 72.9 cm³/mol. The number of carbonyl (C=O) groups excluding carboxylic acids is 1. The van der Waals surface area contributed by atoms with Gasteiger partial charge in [-0.1, -0.05) is 12.1 Å². The number of furan rings is 1. The summed E-state index contributed by atoms with van der Waals surface area (Å²) in [4.78, 5) is 11.5. The molecule has 0 aliphatic heterocycles. The van der Waals surface area contributed by atoms with Gasteiger partial charge in [-0.15, -0.1) is 0 Å².